The SMILES string of the molecule is FCC1(CC(F)F)CN=CN1. The molecule has 11 heavy (non-hydrogen) atoms. The molecule has 0 aromatic heterocycles. The van der Waals surface area contributed by atoms with Gasteiger partial charge in [-0.2, -0.15) is 0 Å². The Balaban J connectivity index is 2.48. The van der Waals surface area contributed by atoms with Gasteiger partial charge >= 0.3 is 0 Å². The van der Waals surface area contributed by atoms with Crippen molar-refractivity contribution in [2.24, 2.45) is 4.99 Å². The van der Waals surface area contributed by atoms with Crippen LogP contribution in [0, 0.1) is 0 Å². The van der Waals surface area contributed by atoms with E-state index in [0.717, 1.165) is 0 Å². The van der Waals surface area contributed by atoms with Gasteiger partial charge in [-0.1, -0.05) is 0 Å². The molecule has 1 aliphatic heterocycles. The second kappa shape index (κ2) is 3.11. The number of halogens is 3. The van der Waals surface area contributed by atoms with Crippen LogP contribution >= 0.6 is 0 Å². The molecule has 0 saturated heterocycles. The Hall–Kier alpha value is -0.740. The first-order valence-electron chi connectivity index (χ1n) is 3.29. The van der Waals surface area contributed by atoms with Crippen LogP contribution in [0.3, 0.4) is 0 Å². The molecule has 0 saturated carbocycles. The topological polar surface area (TPSA) is 24.4 Å². The lowest BCUT2D eigenvalue weighted by Crippen LogP contribution is -2.46. The van der Waals surface area contributed by atoms with Gasteiger partial charge in [-0.15, -0.1) is 0 Å². The summed E-state index contributed by atoms with van der Waals surface area (Å²) in [6.45, 7) is -0.703. The van der Waals surface area contributed by atoms with Crippen LogP contribution in [0.5, 0.6) is 0 Å². The summed E-state index contributed by atoms with van der Waals surface area (Å²) in [6.07, 6.45) is -1.69. The lowest BCUT2D eigenvalue weighted by molar-refractivity contribution is 0.0932. The molecule has 0 aromatic carbocycles. The van der Waals surface area contributed by atoms with Crippen LogP contribution in [0.15, 0.2) is 4.99 Å². The van der Waals surface area contributed by atoms with Gasteiger partial charge in [0.1, 0.15) is 6.67 Å². The molecule has 1 atom stereocenters. The zero-order valence-corrected chi connectivity index (χ0v) is 5.86. The minimum absolute atomic E-state index is 0.105. The van der Waals surface area contributed by atoms with E-state index in [1.54, 1.807) is 0 Å². The highest BCUT2D eigenvalue weighted by atomic mass is 19.3. The van der Waals surface area contributed by atoms with Crippen molar-refractivity contribution in [1.82, 2.24) is 5.32 Å². The summed E-state index contributed by atoms with van der Waals surface area (Å²) in [5, 5.41) is 2.50. The van der Waals surface area contributed by atoms with Crippen molar-refractivity contribution >= 4 is 6.34 Å². The van der Waals surface area contributed by atoms with Gasteiger partial charge in [0, 0.05) is 6.42 Å². The molecule has 0 spiro atoms. The Morgan fingerprint density at radius 1 is 1.64 bits per heavy atom. The van der Waals surface area contributed by atoms with Crippen molar-refractivity contribution < 1.29 is 13.2 Å². The first-order chi connectivity index (χ1) is 5.18. The van der Waals surface area contributed by atoms with Gasteiger partial charge in [0.2, 0.25) is 6.43 Å². The normalized spacial score (nSPS) is 29.5. The van der Waals surface area contributed by atoms with Crippen LogP contribution in [0.2, 0.25) is 0 Å². The number of hydrogen-bond donors (Lipinski definition) is 1. The zero-order chi connectivity index (χ0) is 8.32. The number of rotatable bonds is 3. The van der Waals surface area contributed by atoms with Crippen LogP contribution in [0.4, 0.5) is 13.2 Å². The summed E-state index contributed by atoms with van der Waals surface area (Å²) >= 11 is 0. The maximum atomic E-state index is 12.2. The van der Waals surface area contributed by atoms with Gasteiger partial charge in [0.05, 0.1) is 18.4 Å². The Kier molecular flexibility index (Phi) is 2.36. The highest BCUT2D eigenvalue weighted by Gasteiger charge is 2.35. The first-order valence-corrected chi connectivity index (χ1v) is 3.29. The van der Waals surface area contributed by atoms with Crippen molar-refractivity contribution in [2.45, 2.75) is 18.4 Å². The summed E-state index contributed by atoms with van der Waals surface area (Å²) in [4.78, 5) is 3.65. The van der Waals surface area contributed by atoms with Crippen LogP contribution in [0.1, 0.15) is 6.42 Å². The van der Waals surface area contributed by atoms with E-state index < -0.39 is 25.1 Å². The molecule has 0 fully saturated rings. The third-order valence-electron chi connectivity index (χ3n) is 1.66. The molecule has 0 amide bonds. The predicted molar refractivity (Wildman–Crippen MR) is 35.8 cm³/mol. The number of nitrogens with zero attached hydrogens (tertiary/aromatic N) is 1. The van der Waals surface area contributed by atoms with Crippen LogP contribution in [-0.4, -0.2) is 31.5 Å². The Morgan fingerprint density at radius 3 is 2.73 bits per heavy atom. The highest BCUT2D eigenvalue weighted by Crippen LogP contribution is 2.19. The van der Waals surface area contributed by atoms with E-state index in [2.05, 4.69) is 10.3 Å². The van der Waals surface area contributed by atoms with Gasteiger partial charge < -0.3 is 5.32 Å². The van der Waals surface area contributed by atoms with Crippen molar-refractivity contribution in [2.75, 3.05) is 13.2 Å². The molecule has 0 radical (unpaired) electrons. The molecule has 0 aromatic rings. The third-order valence-corrected chi connectivity index (χ3v) is 1.66. The molecule has 0 aliphatic carbocycles. The van der Waals surface area contributed by atoms with Gasteiger partial charge in [0.15, 0.2) is 0 Å². The minimum Gasteiger partial charge on any atom is -0.366 e. The predicted octanol–water partition coefficient (Wildman–Crippen LogP) is 0.981. The van der Waals surface area contributed by atoms with Crippen molar-refractivity contribution in [3.05, 3.63) is 0 Å². The van der Waals surface area contributed by atoms with Crippen LogP contribution in [-0.2, 0) is 0 Å². The minimum atomic E-state index is -2.49. The molecule has 1 aliphatic rings. The quantitative estimate of drug-likeness (QED) is 0.664. The summed E-state index contributed by atoms with van der Waals surface area (Å²) in [7, 11) is 0. The molecule has 2 nitrogen and oxygen atoms in total. The molecule has 1 N–H and O–H groups in total. The van der Waals surface area contributed by atoms with E-state index in [1.807, 2.05) is 0 Å². The van der Waals surface area contributed by atoms with E-state index in [9.17, 15) is 13.2 Å². The Labute approximate surface area is 62.5 Å². The van der Waals surface area contributed by atoms with E-state index in [4.69, 9.17) is 0 Å². The van der Waals surface area contributed by atoms with E-state index >= 15 is 0 Å². The second-order valence-corrected chi connectivity index (χ2v) is 2.62. The molecule has 5 heteroatoms. The van der Waals surface area contributed by atoms with Gasteiger partial charge in [-0.05, 0) is 0 Å². The number of aliphatic imine (C=N–C) groups is 1. The average Bonchev–Trinajstić information content (AvgIpc) is 2.36. The Bertz CT molecular complexity index is 150. The molecule has 1 heterocycles. The molecular formula is C6H9F3N2. The molecular weight excluding hydrogens is 157 g/mol. The monoisotopic (exact) mass is 166 g/mol. The van der Waals surface area contributed by atoms with Gasteiger partial charge in [-0.25, -0.2) is 13.2 Å². The maximum Gasteiger partial charge on any atom is 0.241 e. The third kappa shape index (κ3) is 1.85. The molecule has 1 rings (SSSR count). The smallest absolute Gasteiger partial charge is 0.241 e. The lowest BCUT2D eigenvalue weighted by Gasteiger charge is -2.24. The molecule has 1 unspecified atom stereocenters. The van der Waals surface area contributed by atoms with Crippen molar-refractivity contribution in [3.8, 4) is 0 Å². The Morgan fingerprint density at radius 2 is 2.36 bits per heavy atom. The summed E-state index contributed by atoms with van der Waals surface area (Å²) in [5.41, 5.74) is -1.13. The lowest BCUT2D eigenvalue weighted by atomic mass is 9.99. The number of alkyl halides is 3. The molecule has 0 bridgehead atoms. The van der Waals surface area contributed by atoms with E-state index in [1.165, 1.54) is 6.34 Å². The fourth-order valence-electron chi connectivity index (χ4n) is 1.00. The van der Waals surface area contributed by atoms with Crippen molar-refractivity contribution in [1.29, 1.82) is 0 Å². The second-order valence-electron chi connectivity index (χ2n) is 2.62. The van der Waals surface area contributed by atoms with Crippen molar-refractivity contribution in [3.63, 3.8) is 0 Å². The van der Waals surface area contributed by atoms with E-state index in [0.29, 0.717) is 0 Å². The average molecular weight is 166 g/mol. The fourth-order valence-corrected chi connectivity index (χ4v) is 1.00. The molecule has 64 valence electrons. The number of hydrogen-bond acceptors (Lipinski definition) is 2. The summed E-state index contributed by atoms with van der Waals surface area (Å²) in [5.74, 6) is 0. The van der Waals surface area contributed by atoms with E-state index in [-0.39, 0.29) is 6.54 Å². The fraction of sp³-hybridized carbons (Fsp3) is 0.833. The first kappa shape index (κ1) is 8.36. The van der Waals surface area contributed by atoms with Gasteiger partial charge in [0.25, 0.3) is 0 Å². The van der Waals surface area contributed by atoms with Crippen LogP contribution in [0.25, 0.3) is 0 Å². The zero-order valence-electron chi connectivity index (χ0n) is 5.86. The largest absolute Gasteiger partial charge is 0.366 e. The van der Waals surface area contributed by atoms with Crippen LogP contribution < -0.4 is 5.32 Å². The standard InChI is InChI=1S/C6H9F3N2/c7-2-6(1-5(8)9)3-10-4-11-6/h4-5H,1-3H2,(H,10,11). The van der Waals surface area contributed by atoms with Gasteiger partial charge in [-0.3, -0.25) is 4.99 Å². The highest BCUT2D eigenvalue weighted by molar-refractivity contribution is 5.58. The number of nitrogens with one attached hydrogen (secondary N) is 1. The summed E-state index contributed by atoms with van der Waals surface area (Å²) < 4.78 is 36.0. The maximum absolute atomic E-state index is 12.2. The summed E-state index contributed by atoms with van der Waals surface area (Å²) in [6, 6.07) is 0.